The van der Waals surface area contributed by atoms with E-state index in [0.29, 0.717) is 5.01 Å². The number of rotatable bonds is 4. The van der Waals surface area contributed by atoms with E-state index in [1.54, 1.807) is 11.9 Å². The van der Waals surface area contributed by atoms with Crippen LogP contribution in [-0.2, 0) is 9.63 Å². The molecule has 0 saturated heterocycles. The van der Waals surface area contributed by atoms with E-state index in [1.807, 2.05) is 45.0 Å². The Balaban J connectivity index is 1.86. The average molecular weight is 402 g/mol. The molecule has 0 N–H and O–H groups in total. The molecule has 1 fully saturated rings. The van der Waals surface area contributed by atoms with Gasteiger partial charge >= 0.3 is 6.09 Å². The Hall–Kier alpha value is -2.28. The number of hydrogen-bond acceptors (Lipinski definition) is 6. The number of benzene rings is 1. The molecule has 0 bridgehead atoms. The Labute approximate surface area is 169 Å². The number of para-hydroxylation sites is 1. The van der Waals surface area contributed by atoms with E-state index in [4.69, 9.17) is 4.84 Å². The van der Waals surface area contributed by atoms with Crippen molar-refractivity contribution in [3.63, 3.8) is 0 Å². The molecule has 1 aromatic carbocycles. The van der Waals surface area contributed by atoms with Gasteiger partial charge in [-0.15, -0.1) is 11.3 Å². The summed E-state index contributed by atoms with van der Waals surface area (Å²) < 4.78 is 0.956. The molecular weight excluding hydrogens is 374 g/mol. The summed E-state index contributed by atoms with van der Waals surface area (Å²) in [5.41, 5.74) is 0.222. The van der Waals surface area contributed by atoms with Gasteiger partial charge in [-0.1, -0.05) is 57.3 Å². The number of ketones is 1. The summed E-state index contributed by atoms with van der Waals surface area (Å²) in [6, 6.07) is 7.82. The number of fused-ring (bicyclic) bond motifs is 1. The van der Waals surface area contributed by atoms with E-state index < -0.39 is 11.5 Å². The fourth-order valence-corrected chi connectivity index (χ4v) is 4.22. The summed E-state index contributed by atoms with van der Waals surface area (Å²) in [7, 11) is 1.73. The van der Waals surface area contributed by atoms with E-state index in [2.05, 4.69) is 10.1 Å². The minimum absolute atomic E-state index is 0.0964. The van der Waals surface area contributed by atoms with E-state index in [9.17, 15) is 9.59 Å². The highest BCUT2D eigenvalue weighted by Gasteiger charge is 2.31. The monoisotopic (exact) mass is 401 g/mol. The van der Waals surface area contributed by atoms with Gasteiger partial charge < -0.3 is 4.90 Å². The van der Waals surface area contributed by atoms with Crippen molar-refractivity contribution >= 4 is 39.1 Å². The lowest BCUT2D eigenvalue weighted by atomic mass is 9.88. The fourth-order valence-electron chi connectivity index (χ4n) is 3.27. The van der Waals surface area contributed by atoms with Crippen LogP contribution in [0.3, 0.4) is 0 Å². The van der Waals surface area contributed by atoms with Crippen molar-refractivity contribution in [2.24, 2.45) is 10.6 Å². The van der Waals surface area contributed by atoms with Gasteiger partial charge in [-0.2, -0.15) is 0 Å². The zero-order valence-electron chi connectivity index (χ0n) is 16.9. The van der Waals surface area contributed by atoms with Gasteiger partial charge in [0.15, 0.2) is 11.5 Å². The Morgan fingerprint density at radius 2 is 1.86 bits per heavy atom. The second-order valence-electron chi connectivity index (χ2n) is 8.27. The first-order valence-corrected chi connectivity index (χ1v) is 10.5. The highest BCUT2D eigenvalue weighted by molar-refractivity contribution is 7.21. The minimum atomic E-state index is -0.668. The van der Waals surface area contributed by atoms with Gasteiger partial charge in [0.25, 0.3) is 0 Å². The smallest absolute Gasteiger partial charge is 0.306 e. The van der Waals surface area contributed by atoms with Crippen LogP contribution in [-0.4, -0.2) is 40.6 Å². The summed E-state index contributed by atoms with van der Waals surface area (Å²) in [6.07, 6.45) is 4.85. The number of hydrogen-bond donors (Lipinski definition) is 0. The first-order valence-electron chi connectivity index (χ1n) is 9.70. The van der Waals surface area contributed by atoms with Crippen LogP contribution in [0.4, 0.5) is 4.79 Å². The Bertz CT molecular complexity index is 859. The zero-order valence-corrected chi connectivity index (χ0v) is 17.7. The van der Waals surface area contributed by atoms with Gasteiger partial charge in [-0.3, -0.25) is 9.63 Å². The standard InChI is InChI=1S/C21H27N3O3S/c1-21(2,3)18(25)17(19-22-15-12-8-9-13-16(15)28-19)23-27-20(26)24(4)14-10-6-5-7-11-14/h8-9,12-14H,5-7,10-11H2,1-4H3/b23-17+. The second-order valence-corrected chi connectivity index (χ2v) is 9.30. The maximum absolute atomic E-state index is 13.0. The normalized spacial score (nSPS) is 16.2. The predicted molar refractivity (Wildman–Crippen MR) is 112 cm³/mol. The minimum Gasteiger partial charge on any atom is -0.306 e. The van der Waals surface area contributed by atoms with E-state index in [1.165, 1.54) is 17.8 Å². The number of Topliss-reactive ketones (excluding diaryl/α,β-unsaturated/α-hetero) is 1. The van der Waals surface area contributed by atoms with Crippen LogP contribution in [0.15, 0.2) is 29.4 Å². The third-order valence-electron chi connectivity index (χ3n) is 5.02. The summed E-state index contributed by atoms with van der Waals surface area (Å²) >= 11 is 1.37. The number of oxime groups is 1. The van der Waals surface area contributed by atoms with Crippen molar-refractivity contribution in [1.82, 2.24) is 9.88 Å². The van der Waals surface area contributed by atoms with E-state index >= 15 is 0 Å². The van der Waals surface area contributed by atoms with Crippen molar-refractivity contribution in [3.05, 3.63) is 29.3 Å². The third-order valence-corrected chi connectivity index (χ3v) is 6.06. The lowest BCUT2D eigenvalue weighted by Gasteiger charge is -2.29. The van der Waals surface area contributed by atoms with Crippen molar-refractivity contribution in [2.75, 3.05) is 7.05 Å². The number of carbonyl (C=O) groups excluding carboxylic acids is 2. The van der Waals surface area contributed by atoms with Gasteiger partial charge in [0, 0.05) is 18.5 Å². The number of carbonyl (C=O) groups is 2. The second kappa shape index (κ2) is 8.39. The van der Waals surface area contributed by atoms with Gasteiger partial charge in [-0.05, 0) is 25.0 Å². The summed E-state index contributed by atoms with van der Waals surface area (Å²) in [4.78, 5) is 36.8. The van der Waals surface area contributed by atoms with Crippen LogP contribution >= 0.6 is 11.3 Å². The number of nitrogens with zero attached hydrogens (tertiary/aromatic N) is 3. The zero-order chi connectivity index (χ0) is 20.3. The third kappa shape index (κ3) is 4.58. The number of thiazole rings is 1. The molecule has 3 rings (SSSR count). The predicted octanol–water partition coefficient (Wildman–Crippen LogP) is 5.02. The molecule has 0 spiro atoms. The first kappa shape index (κ1) is 20.5. The maximum atomic E-state index is 13.0. The highest BCUT2D eigenvalue weighted by Crippen LogP contribution is 2.26. The molecule has 7 heteroatoms. The van der Waals surface area contributed by atoms with Crippen molar-refractivity contribution < 1.29 is 14.4 Å². The molecule has 1 saturated carbocycles. The molecule has 0 unspecified atom stereocenters. The highest BCUT2D eigenvalue weighted by atomic mass is 32.1. The fraction of sp³-hybridized carbons (Fsp3) is 0.524. The first-order chi connectivity index (χ1) is 13.3. The Morgan fingerprint density at radius 3 is 2.50 bits per heavy atom. The Kier molecular flexibility index (Phi) is 6.13. The summed E-state index contributed by atoms with van der Waals surface area (Å²) in [6.45, 7) is 5.44. The maximum Gasteiger partial charge on any atom is 0.435 e. The van der Waals surface area contributed by atoms with Gasteiger partial charge in [0.1, 0.15) is 5.01 Å². The van der Waals surface area contributed by atoms with E-state index in [-0.39, 0.29) is 17.5 Å². The molecule has 0 atom stereocenters. The summed E-state index contributed by atoms with van der Waals surface area (Å²) in [5, 5.41) is 4.46. The van der Waals surface area contributed by atoms with Gasteiger partial charge in [0.05, 0.1) is 10.2 Å². The van der Waals surface area contributed by atoms with Crippen LogP contribution in [0.2, 0.25) is 0 Å². The lowest BCUT2D eigenvalue weighted by molar-refractivity contribution is -0.119. The van der Waals surface area contributed by atoms with Crippen LogP contribution < -0.4 is 0 Å². The molecule has 150 valence electrons. The van der Waals surface area contributed by atoms with Crippen molar-refractivity contribution in [3.8, 4) is 0 Å². The molecule has 1 aromatic heterocycles. The van der Waals surface area contributed by atoms with Gasteiger partial charge in [0.2, 0.25) is 0 Å². The van der Waals surface area contributed by atoms with E-state index in [0.717, 1.165) is 35.9 Å². The van der Waals surface area contributed by atoms with Crippen LogP contribution in [0.5, 0.6) is 0 Å². The molecule has 1 aliphatic rings. The van der Waals surface area contributed by atoms with Crippen LogP contribution in [0.1, 0.15) is 57.9 Å². The molecule has 0 aliphatic heterocycles. The van der Waals surface area contributed by atoms with Crippen LogP contribution in [0, 0.1) is 5.41 Å². The number of amides is 1. The number of aromatic nitrogens is 1. The molecular formula is C21H27N3O3S. The molecule has 6 nitrogen and oxygen atoms in total. The van der Waals surface area contributed by atoms with Crippen molar-refractivity contribution in [2.45, 2.75) is 58.9 Å². The molecule has 1 heterocycles. The van der Waals surface area contributed by atoms with Gasteiger partial charge in [-0.25, -0.2) is 9.78 Å². The molecule has 1 aliphatic carbocycles. The molecule has 0 radical (unpaired) electrons. The SMILES string of the molecule is CN(C(=O)O/N=C(\C(=O)C(C)(C)C)c1nc2ccccc2s1)C1CCCCC1. The molecule has 2 aromatic rings. The Morgan fingerprint density at radius 1 is 1.18 bits per heavy atom. The topological polar surface area (TPSA) is 71.9 Å². The largest absolute Gasteiger partial charge is 0.435 e. The molecule has 28 heavy (non-hydrogen) atoms. The average Bonchev–Trinajstić information content (AvgIpc) is 3.11. The van der Waals surface area contributed by atoms with Crippen LogP contribution in [0.25, 0.3) is 10.2 Å². The quantitative estimate of drug-likeness (QED) is 0.410. The lowest BCUT2D eigenvalue weighted by Crippen LogP contribution is -2.38. The molecule has 1 amide bonds. The summed E-state index contributed by atoms with van der Waals surface area (Å²) in [5.74, 6) is -0.209. The van der Waals surface area contributed by atoms with Crippen molar-refractivity contribution in [1.29, 1.82) is 0 Å².